The number of ether oxygens (including phenoxy) is 2. The zero-order chi connectivity index (χ0) is 15.2. The van der Waals surface area contributed by atoms with Crippen LogP contribution in [0.15, 0.2) is 40.9 Å². The third-order valence-electron chi connectivity index (χ3n) is 3.03. The first-order valence-electron chi connectivity index (χ1n) is 6.56. The van der Waals surface area contributed by atoms with Crippen LogP contribution >= 0.6 is 15.9 Å². The van der Waals surface area contributed by atoms with Crippen LogP contribution in [0.1, 0.15) is 11.1 Å². The highest BCUT2D eigenvalue weighted by Gasteiger charge is 2.10. The van der Waals surface area contributed by atoms with Crippen LogP contribution in [-0.2, 0) is 13.2 Å². The number of aliphatic hydroxyl groups excluding tert-OH is 1. The van der Waals surface area contributed by atoms with Gasteiger partial charge in [0, 0.05) is 16.6 Å². The Hall–Kier alpha value is -1.56. The van der Waals surface area contributed by atoms with Crippen LogP contribution in [-0.4, -0.2) is 19.3 Å². The summed E-state index contributed by atoms with van der Waals surface area (Å²) in [4.78, 5) is 0. The van der Waals surface area contributed by atoms with Crippen molar-refractivity contribution in [1.82, 2.24) is 5.32 Å². The van der Waals surface area contributed by atoms with Crippen molar-refractivity contribution >= 4 is 15.9 Å². The Labute approximate surface area is 132 Å². The van der Waals surface area contributed by atoms with E-state index >= 15 is 0 Å². The smallest absolute Gasteiger partial charge is 0.169 e. The normalized spacial score (nSPS) is 10.5. The van der Waals surface area contributed by atoms with Crippen LogP contribution in [0, 0.1) is 0 Å². The van der Waals surface area contributed by atoms with Crippen LogP contribution in [0.3, 0.4) is 0 Å². The molecule has 0 aromatic heterocycles. The van der Waals surface area contributed by atoms with Crippen LogP contribution in [0.2, 0.25) is 0 Å². The van der Waals surface area contributed by atoms with Crippen molar-refractivity contribution in [2.45, 2.75) is 13.2 Å². The van der Waals surface area contributed by atoms with Crippen molar-refractivity contribution in [3.05, 3.63) is 52.0 Å². The van der Waals surface area contributed by atoms with E-state index in [4.69, 9.17) is 9.47 Å². The van der Waals surface area contributed by atoms with Crippen molar-refractivity contribution in [2.75, 3.05) is 14.2 Å². The van der Waals surface area contributed by atoms with Crippen molar-refractivity contribution in [2.24, 2.45) is 0 Å². The molecule has 0 amide bonds. The number of hydrogen-bond acceptors (Lipinski definition) is 4. The first-order chi connectivity index (χ1) is 10.2. The number of halogens is 1. The lowest BCUT2D eigenvalue weighted by molar-refractivity contribution is 0.280. The van der Waals surface area contributed by atoms with Crippen molar-refractivity contribution in [1.29, 1.82) is 0 Å². The average molecular weight is 352 g/mol. The molecule has 0 aliphatic rings. The predicted molar refractivity (Wildman–Crippen MR) is 85.9 cm³/mol. The third kappa shape index (κ3) is 3.97. The standard InChI is InChI=1S/C16H18BrNO3/c1-18-9-12-4-5-13(17)8-15(12)21-14-6-3-11(10-19)7-16(14)20-2/h3-8,18-19H,9-10H2,1-2H3. The topological polar surface area (TPSA) is 50.7 Å². The lowest BCUT2D eigenvalue weighted by Crippen LogP contribution is -2.06. The van der Waals surface area contributed by atoms with Gasteiger partial charge >= 0.3 is 0 Å². The number of methoxy groups -OCH3 is 1. The Morgan fingerprint density at radius 1 is 1.10 bits per heavy atom. The average Bonchev–Trinajstić information content (AvgIpc) is 2.50. The van der Waals surface area contributed by atoms with Crippen molar-refractivity contribution in [3.63, 3.8) is 0 Å². The molecule has 0 atom stereocenters. The fourth-order valence-corrected chi connectivity index (χ4v) is 2.31. The van der Waals surface area contributed by atoms with Gasteiger partial charge in [0.2, 0.25) is 0 Å². The number of rotatable bonds is 6. The molecule has 0 fully saturated rings. The van der Waals surface area contributed by atoms with Gasteiger partial charge in [-0.2, -0.15) is 0 Å². The molecule has 2 rings (SSSR count). The Kier molecular flexibility index (Phi) is 5.61. The first kappa shape index (κ1) is 15.8. The molecule has 0 saturated heterocycles. The molecule has 0 radical (unpaired) electrons. The molecular weight excluding hydrogens is 334 g/mol. The highest BCUT2D eigenvalue weighted by atomic mass is 79.9. The minimum atomic E-state index is -0.0292. The highest BCUT2D eigenvalue weighted by molar-refractivity contribution is 9.10. The molecule has 0 unspecified atom stereocenters. The monoisotopic (exact) mass is 351 g/mol. The Morgan fingerprint density at radius 3 is 2.57 bits per heavy atom. The summed E-state index contributed by atoms with van der Waals surface area (Å²) < 4.78 is 12.3. The van der Waals surface area contributed by atoms with Gasteiger partial charge in [0.1, 0.15) is 5.75 Å². The van der Waals surface area contributed by atoms with Gasteiger partial charge in [0.25, 0.3) is 0 Å². The predicted octanol–water partition coefficient (Wildman–Crippen LogP) is 3.46. The second-order valence-corrected chi connectivity index (χ2v) is 5.44. The van der Waals surface area contributed by atoms with Gasteiger partial charge in [-0.25, -0.2) is 0 Å². The Morgan fingerprint density at radius 2 is 1.90 bits per heavy atom. The summed E-state index contributed by atoms with van der Waals surface area (Å²) in [5.41, 5.74) is 1.83. The second kappa shape index (κ2) is 7.45. The van der Waals surface area contributed by atoms with Crippen molar-refractivity contribution < 1.29 is 14.6 Å². The summed E-state index contributed by atoms with van der Waals surface area (Å²) in [6, 6.07) is 11.3. The molecule has 21 heavy (non-hydrogen) atoms. The highest BCUT2D eigenvalue weighted by Crippen LogP contribution is 2.35. The molecule has 0 aliphatic carbocycles. The van der Waals surface area contributed by atoms with E-state index < -0.39 is 0 Å². The fraction of sp³-hybridized carbons (Fsp3) is 0.250. The van der Waals surface area contributed by atoms with Gasteiger partial charge in [0.15, 0.2) is 11.5 Å². The summed E-state index contributed by atoms with van der Waals surface area (Å²) in [5, 5.41) is 12.3. The zero-order valence-corrected chi connectivity index (χ0v) is 13.6. The molecule has 0 aliphatic heterocycles. The number of benzene rings is 2. The van der Waals surface area contributed by atoms with E-state index in [1.807, 2.05) is 31.3 Å². The van der Waals surface area contributed by atoms with Gasteiger partial charge < -0.3 is 19.9 Å². The van der Waals surface area contributed by atoms with E-state index in [0.29, 0.717) is 18.0 Å². The zero-order valence-electron chi connectivity index (χ0n) is 12.0. The molecule has 112 valence electrons. The lowest BCUT2D eigenvalue weighted by atomic mass is 10.2. The van der Waals surface area contributed by atoms with Crippen LogP contribution in [0.25, 0.3) is 0 Å². The largest absolute Gasteiger partial charge is 0.493 e. The summed E-state index contributed by atoms with van der Waals surface area (Å²) >= 11 is 3.45. The molecule has 2 N–H and O–H groups in total. The number of nitrogens with one attached hydrogen (secondary N) is 1. The quantitative estimate of drug-likeness (QED) is 0.836. The molecule has 0 spiro atoms. The minimum absolute atomic E-state index is 0.0292. The second-order valence-electron chi connectivity index (χ2n) is 4.53. The maximum Gasteiger partial charge on any atom is 0.169 e. The molecule has 2 aromatic carbocycles. The Balaban J connectivity index is 2.35. The van der Waals surface area contributed by atoms with Gasteiger partial charge in [0.05, 0.1) is 13.7 Å². The SMILES string of the molecule is CNCc1ccc(Br)cc1Oc1ccc(CO)cc1OC. The molecular formula is C16H18BrNO3. The van der Waals surface area contributed by atoms with E-state index in [9.17, 15) is 5.11 Å². The number of aliphatic hydroxyl groups is 1. The number of hydrogen-bond donors (Lipinski definition) is 2. The van der Waals surface area contributed by atoms with E-state index in [2.05, 4.69) is 21.2 Å². The lowest BCUT2D eigenvalue weighted by Gasteiger charge is -2.14. The van der Waals surface area contributed by atoms with E-state index in [1.165, 1.54) is 0 Å². The summed E-state index contributed by atoms with van der Waals surface area (Å²) in [6.07, 6.45) is 0. The van der Waals surface area contributed by atoms with Gasteiger partial charge in [-0.3, -0.25) is 0 Å². The molecule has 5 heteroatoms. The summed E-state index contributed by atoms with van der Waals surface area (Å²) in [7, 11) is 3.47. The molecule has 4 nitrogen and oxygen atoms in total. The van der Waals surface area contributed by atoms with Crippen LogP contribution in [0.4, 0.5) is 0 Å². The van der Waals surface area contributed by atoms with E-state index in [1.54, 1.807) is 19.2 Å². The summed E-state index contributed by atoms with van der Waals surface area (Å²) in [6.45, 7) is 0.679. The van der Waals surface area contributed by atoms with Crippen LogP contribution in [0.5, 0.6) is 17.2 Å². The van der Waals surface area contributed by atoms with Gasteiger partial charge in [-0.05, 0) is 36.9 Å². The third-order valence-corrected chi connectivity index (χ3v) is 3.52. The molecule has 0 bridgehead atoms. The van der Waals surface area contributed by atoms with Crippen LogP contribution < -0.4 is 14.8 Å². The minimum Gasteiger partial charge on any atom is -0.493 e. The first-order valence-corrected chi connectivity index (χ1v) is 7.36. The van der Waals surface area contributed by atoms with E-state index in [-0.39, 0.29) is 6.61 Å². The maximum absolute atomic E-state index is 9.18. The van der Waals surface area contributed by atoms with E-state index in [0.717, 1.165) is 21.3 Å². The van der Waals surface area contributed by atoms with Gasteiger partial charge in [-0.1, -0.05) is 28.1 Å². The molecule has 0 heterocycles. The summed E-state index contributed by atoms with van der Waals surface area (Å²) in [5.74, 6) is 1.97. The fourth-order valence-electron chi connectivity index (χ4n) is 1.97. The molecule has 0 saturated carbocycles. The van der Waals surface area contributed by atoms with Crippen molar-refractivity contribution in [3.8, 4) is 17.2 Å². The Bertz CT molecular complexity index is 616. The van der Waals surface area contributed by atoms with Gasteiger partial charge in [-0.15, -0.1) is 0 Å². The maximum atomic E-state index is 9.18. The molecule has 2 aromatic rings.